The van der Waals surface area contributed by atoms with E-state index in [1.165, 1.54) is 6.42 Å². The average Bonchev–Trinajstić information content (AvgIpc) is 2.79. The van der Waals surface area contributed by atoms with Crippen molar-refractivity contribution in [2.45, 2.75) is 37.1 Å². The van der Waals surface area contributed by atoms with Crippen LogP contribution in [0.15, 0.2) is 4.90 Å². The monoisotopic (exact) mass is 275 g/mol. The number of nitrogens with zero attached hydrogens (tertiary/aromatic N) is 1. The van der Waals surface area contributed by atoms with Gasteiger partial charge < -0.3 is 11.1 Å². The summed E-state index contributed by atoms with van der Waals surface area (Å²) in [5.74, 6) is 0.767. The predicted molar refractivity (Wildman–Crippen MR) is 70.1 cm³/mol. The lowest BCUT2D eigenvalue weighted by atomic mass is 10.2. The molecule has 5 nitrogen and oxygen atoms in total. The minimum atomic E-state index is -3.31. The van der Waals surface area contributed by atoms with Crippen LogP contribution in [0.4, 0.5) is 10.8 Å². The lowest BCUT2D eigenvalue weighted by molar-refractivity contribution is 0.602. The van der Waals surface area contributed by atoms with Crippen molar-refractivity contribution in [2.24, 2.45) is 5.92 Å². The summed E-state index contributed by atoms with van der Waals surface area (Å²) < 4.78 is 27.1. The molecule has 1 heterocycles. The van der Waals surface area contributed by atoms with E-state index in [4.69, 9.17) is 5.73 Å². The fourth-order valence-corrected chi connectivity index (χ4v) is 4.14. The van der Waals surface area contributed by atoms with E-state index in [9.17, 15) is 8.42 Å². The number of nitrogens with two attached hydrogens (primary N) is 1. The van der Waals surface area contributed by atoms with Crippen molar-refractivity contribution in [3.63, 3.8) is 0 Å². The van der Waals surface area contributed by atoms with Gasteiger partial charge in [0.05, 0.1) is 0 Å². The molecular weight excluding hydrogens is 258 g/mol. The van der Waals surface area contributed by atoms with Crippen LogP contribution in [0.25, 0.3) is 0 Å². The molecule has 0 aliphatic heterocycles. The summed E-state index contributed by atoms with van der Waals surface area (Å²) in [5.41, 5.74) is 5.60. The van der Waals surface area contributed by atoms with Crippen LogP contribution in [0.2, 0.25) is 0 Å². The molecule has 1 aliphatic rings. The topological polar surface area (TPSA) is 85.1 Å². The summed E-state index contributed by atoms with van der Waals surface area (Å²) in [4.78, 5) is 0.157. The van der Waals surface area contributed by atoms with E-state index in [1.807, 2.05) is 0 Å². The van der Waals surface area contributed by atoms with E-state index in [0.717, 1.165) is 30.6 Å². The van der Waals surface area contributed by atoms with E-state index < -0.39 is 9.84 Å². The molecule has 1 fully saturated rings. The number of sulfone groups is 1. The van der Waals surface area contributed by atoms with Crippen molar-refractivity contribution in [2.75, 3.05) is 17.3 Å². The molecule has 17 heavy (non-hydrogen) atoms. The molecule has 1 aliphatic carbocycles. The van der Waals surface area contributed by atoms with Gasteiger partial charge in [-0.15, -0.1) is 0 Å². The highest BCUT2D eigenvalue weighted by Crippen LogP contribution is 2.40. The molecule has 1 saturated carbocycles. The van der Waals surface area contributed by atoms with E-state index in [1.54, 1.807) is 0 Å². The van der Waals surface area contributed by atoms with Gasteiger partial charge >= 0.3 is 0 Å². The first-order valence-corrected chi connectivity index (χ1v) is 8.31. The van der Waals surface area contributed by atoms with Gasteiger partial charge in [0, 0.05) is 12.3 Å². The van der Waals surface area contributed by atoms with Gasteiger partial charge in [0.15, 0.2) is 15.7 Å². The van der Waals surface area contributed by atoms with Crippen LogP contribution >= 0.6 is 11.5 Å². The zero-order chi connectivity index (χ0) is 12.6. The molecule has 0 radical (unpaired) electrons. The Morgan fingerprint density at radius 2 is 2.29 bits per heavy atom. The lowest BCUT2D eigenvalue weighted by Crippen LogP contribution is -2.08. The third kappa shape index (κ3) is 2.71. The second-order valence-corrected chi connectivity index (χ2v) is 7.26. The molecule has 7 heteroatoms. The Bertz CT molecular complexity index is 510. The summed E-state index contributed by atoms with van der Waals surface area (Å²) in [6.07, 6.45) is 4.61. The number of nitrogens with one attached hydrogen (secondary N) is 1. The first kappa shape index (κ1) is 12.6. The first-order valence-electron chi connectivity index (χ1n) is 5.65. The summed E-state index contributed by atoms with van der Waals surface area (Å²) in [6.45, 7) is 2.15. The molecule has 96 valence electrons. The Morgan fingerprint density at radius 1 is 1.59 bits per heavy atom. The van der Waals surface area contributed by atoms with Crippen molar-refractivity contribution in [3.8, 4) is 0 Å². The molecular formula is C10H17N3O2S2. The maximum atomic E-state index is 11.6. The van der Waals surface area contributed by atoms with Gasteiger partial charge in [-0.3, -0.25) is 0 Å². The highest BCUT2D eigenvalue weighted by molar-refractivity contribution is 7.91. The lowest BCUT2D eigenvalue weighted by Gasteiger charge is -2.05. The smallest absolute Gasteiger partial charge is 0.182 e. The molecule has 0 bridgehead atoms. The Morgan fingerprint density at radius 3 is 2.88 bits per heavy atom. The van der Waals surface area contributed by atoms with Crippen LogP contribution in [0.5, 0.6) is 0 Å². The third-order valence-electron chi connectivity index (χ3n) is 2.94. The van der Waals surface area contributed by atoms with Crippen molar-refractivity contribution in [3.05, 3.63) is 0 Å². The van der Waals surface area contributed by atoms with E-state index in [-0.39, 0.29) is 10.7 Å². The van der Waals surface area contributed by atoms with Gasteiger partial charge in [-0.05, 0) is 30.3 Å². The molecule has 1 aromatic rings. The molecule has 0 aromatic carbocycles. The number of nitrogen functional groups attached to an aromatic ring is 1. The highest BCUT2D eigenvalue weighted by Gasteiger charge is 2.37. The number of hydrogen-bond acceptors (Lipinski definition) is 6. The summed E-state index contributed by atoms with van der Waals surface area (Å²) in [7, 11) is -3.31. The molecule has 3 N–H and O–H groups in total. The Balaban J connectivity index is 2.13. The minimum Gasteiger partial charge on any atom is -0.382 e. The van der Waals surface area contributed by atoms with Crippen molar-refractivity contribution >= 4 is 32.2 Å². The summed E-state index contributed by atoms with van der Waals surface area (Å²) in [5, 5.41) is 3.83. The number of rotatable bonds is 5. The fourth-order valence-electron chi connectivity index (χ4n) is 2.03. The summed E-state index contributed by atoms with van der Waals surface area (Å²) >= 11 is 1.13. The second kappa shape index (κ2) is 4.45. The van der Waals surface area contributed by atoms with Crippen LogP contribution in [-0.4, -0.2) is 25.1 Å². The third-order valence-corrected chi connectivity index (χ3v) is 5.02. The Kier molecular flexibility index (Phi) is 3.31. The normalized spacial score (nSPS) is 23.6. The molecule has 2 atom stereocenters. The number of hydrogen-bond donors (Lipinski definition) is 2. The van der Waals surface area contributed by atoms with Crippen molar-refractivity contribution in [1.82, 2.24) is 4.37 Å². The molecule has 2 rings (SSSR count). The second-order valence-electron chi connectivity index (χ2n) is 4.53. The molecule has 0 spiro atoms. The molecule has 0 amide bonds. The largest absolute Gasteiger partial charge is 0.382 e. The van der Waals surface area contributed by atoms with Crippen LogP contribution in [0, 0.1) is 5.92 Å². The van der Waals surface area contributed by atoms with Crippen molar-refractivity contribution < 1.29 is 8.42 Å². The quantitative estimate of drug-likeness (QED) is 0.854. The van der Waals surface area contributed by atoms with E-state index in [0.29, 0.717) is 17.0 Å². The van der Waals surface area contributed by atoms with Crippen molar-refractivity contribution in [1.29, 1.82) is 0 Å². The zero-order valence-corrected chi connectivity index (χ0v) is 11.6. The predicted octanol–water partition coefficient (Wildman–Crippen LogP) is 1.73. The zero-order valence-electron chi connectivity index (χ0n) is 9.93. The summed E-state index contributed by atoms with van der Waals surface area (Å²) in [6, 6.07) is 0.385. The molecule has 1 aromatic heterocycles. The van der Waals surface area contributed by atoms with Gasteiger partial charge in [-0.25, -0.2) is 8.42 Å². The van der Waals surface area contributed by atoms with Gasteiger partial charge in [0.2, 0.25) is 0 Å². The Labute approximate surface area is 105 Å². The average molecular weight is 275 g/mol. The van der Waals surface area contributed by atoms with Gasteiger partial charge in [0.25, 0.3) is 0 Å². The standard InChI is InChI=1S/C10H17N3O2S2/c1-3-4-6-5-7(6)12-10-8(17(2,14)15)9(11)13-16-10/h6-7,12H,3-5H2,1-2H3,(H2,11,13). The maximum absolute atomic E-state index is 11.6. The van der Waals surface area contributed by atoms with Crippen LogP contribution in [-0.2, 0) is 9.84 Å². The first-order chi connectivity index (χ1) is 7.93. The Hall–Kier alpha value is -0.820. The van der Waals surface area contributed by atoms with E-state index >= 15 is 0 Å². The molecule has 2 unspecified atom stereocenters. The number of anilines is 2. The highest BCUT2D eigenvalue weighted by atomic mass is 32.2. The van der Waals surface area contributed by atoms with Gasteiger partial charge in [0.1, 0.15) is 9.90 Å². The van der Waals surface area contributed by atoms with Crippen LogP contribution in [0.3, 0.4) is 0 Å². The van der Waals surface area contributed by atoms with Gasteiger partial charge in [-0.2, -0.15) is 4.37 Å². The fraction of sp³-hybridized carbons (Fsp3) is 0.700. The minimum absolute atomic E-state index is 0.104. The number of aromatic nitrogens is 1. The molecule has 0 saturated heterocycles. The maximum Gasteiger partial charge on any atom is 0.182 e. The van der Waals surface area contributed by atoms with E-state index in [2.05, 4.69) is 16.6 Å². The SMILES string of the molecule is CCCC1CC1Nc1snc(N)c1S(C)(=O)=O. The van der Waals surface area contributed by atoms with Crippen LogP contribution in [0.1, 0.15) is 26.2 Å². The van der Waals surface area contributed by atoms with Gasteiger partial charge in [-0.1, -0.05) is 13.3 Å². The van der Waals surface area contributed by atoms with Crippen LogP contribution < -0.4 is 11.1 Å².